The molecule has 0 aliphatic carbocycles. The first-order chi connectivity index (χ1) is 10.6. The van der Waals surface area contributed by atoms with Gasteiger partial charge in [0.05, 0.1) is 16.5 Å². The number of aromatic nitrogens is 2. The maximum Gasteiger partial charge on any atom is 0.280 e. The van der Waals surface area contributed by atoms with Gasteiger partial charge < -0.3 is 0 Å². The van der Waals surface area contributed by atoms with Crippen LogP contribution in [0.2, 0.25) is 0 Å². The van der Waals surface area contributed by atoms with E-state index >= 15 is 0 Å². The molecule has 110 valence electrons. The van der Waals surface area contributed by atoms with E-state index in [4.69, 9.17) is 0 Å². The fourth-order valence-electron chi connectivity index (χ4n) is 2.18. The van der Waals surface area contributed by atoms with Gasteiger partial charge in [0.1, 0.15) is 5.82 Å². The van der Waals surface area contributed by atoms with Crippen molar-refractivity contribution in [3.05, 3.63) is 73.8 Å². The number of carbonyl (C=O) groups is 1. The lowest BCUT2D eigenvalue weighted by Crippen LogP contribution is -2.35. The molecule has 1 heterocycles. The van der Waals surface area contributed by atoms with Crippen LogP contribution in [0.1, 0.15) is 16.2 Å². The summed E-state index contributed by atoms with van der Waals surface area (Å²) in [5, 5.41) is 0.469. The minimum Gasteiger partial charge on any atom is -0.267 e. The van der Waals surface area contributed by atoms with Crippen molar-refractivity contribution in [3.63, 3.8) is 0 Å². The van der Waals surface area contributed by atoms with Gasteiger partial charge >= 0.3 is 0 Å². The summed E-state index contributed by atoms with van der Waals surface area (Å²) in [6, 6.07) is 14.3. The highest BCUT2D eigenvalue weighted by Crippen LogP contribution is 2.12. The summed E-state index contributed by atoms with van der Waals surface area (Å²) in [5.74, 6) is 0.0928. The molecule has 3 rings (SSSR count). The fourth-order valence-corrected chi connectivity index (χ4v) is 2.81. The smallest absolute Gasteiger partial charge is 0.267 e. The van der Waals surface area contributed by atoms with Crippen molar-refractivity contribution in [2.24, 2.45) is 0 Å². The molecule has 2 aromatic carbocycles. The molecule has 0 saturated heterocycles. The van der Waals surface area contributed by atoms with Crippen molar-refractivity contribution >= 4 is 39.4 Å². The van der Waals surface area contributed by atoms with E-state index in [1.807, 2.05) is 18.2 Å². The van der Waals surface area contributed by atoms with Crippen LogP contribution >= 0.6 is 22.6 Å². The van der Waals surface area contributed by atoms with Crippen molar-refractivity contribution in [1.29, 1.82) is 0 Å². The third kappa shape index (κ3) is 2.61. The first-order valence-electron chi connectivity index (χ1n) is 6.62. The molecule has 0 atom stereocenters. The third-order valence-corrected chi connectivity index (χ3v) is 4.22. The molecular formula is C16H12IN3O2. The summed E-state index contributed by atoms with van der Waals surface area (Å²) in [5.41, 5.74) is 3.47. The predicted octanol–water partition coefficient (Wildman–Crippen LogP) is 2.69. The first kappa shape index (κ1) is 14.7. The van der Waals surface area contributed by atoms with Gasteiger partial charge in [0, 0.05) is 3.57 Å². The molecule has 0 unspecified atom stereocenters. The summed E-state index contributed by atoms with van der Waals surface area (Å²) < 4.78 is 2.00. The Morgan fingerprint density at radius 3 is 2.59 bits per heavy atom. The second-order valence-electron chi connectivity index (χ2n) is 4.74. The molecule has 0 radical (unpaired) electrons. The highest BCUT2D eigenvalue weighted by molar-refractivity contribution is 14.1. The van der Waals surface area contributed by atoms with Crippen LogP contribution in [0.25, 0.3) is 10.9 Å². The molecule has 0 saturated carbocycles. The minimum absolute atomic E-state index is 0.289. The zero-order chi connectivity index (χ0) is 15.7. The van der Waals surface area contributed by atoms with Crippen molar-refractivity contribution in [1.82, 2.24) is 9.66 Å². The van der Waals surface area contributed by atoms with Gasteiger partial charge in [0.25, 0.3) is 11.5 Å². The lowest BCUT2D eigenvalue weighted by Gasteiger charge is -2.12. The van der Waals surface area contributed by atoms with Gasteiger partial charge in [-0.15, -0.1) is 0 Å². The number of nitrogens with zero attached hydrogens (tertiary/aromatic N) is 2. The van der Waals surface area contributed by atoms with E-state index in [1.165, 1.54) is 4.68 Å². The van der Waals surface area contributed by atoms with Crippen LogP contribution < -0.4 is 11.0 Å². The molecule has 0 spiro atoms. The number of amides is 1. The topological polar surface area (TPSA) is 64.0 Å². The van der Waals surface area contributed by atoms with Crippen LogP contribution in [-0.4, -0.2) is 15.6 Å². The number of carbonyl (C=O) groups excluding carboxylic acids is 1. The molecule has 1 amide bonds. The van der Waals surface area contributed by atoms with Crippen LogP contribution in [-0.2, 0) is 0 Å². The van der Waals surface area contributed by atoms with Crippen LogP contribution in [0.4, 0.5) is 0 Å². The van der Waals surface area contributed by atoms with Crippen molar-refractivity contribution in [2.75, 3.05) is 5.43 Å². The maximum atomic E-state index is 12.5. The van der Waals surface area contributed by atoms with E-state index in [-0.39, 0.29) is 11.5 Å². The van der Waals surface area contributed by atoms with E-state index in [0.717, 1.165) is 3.57 Å². The Kier molecular flexibility index (Phi) is 3.93. The van der Waals surface area contributed by atoms with E-state index in [0.29, 0.717) is 22.3 Å². The Labute approximate surface area is 140 Å². The van der Waals surface area contributed by atoms with Gasteiger partial charge in [0.15, 0.2) is 0 Å². The SMILES string of the molecule is Cc1nc2ccccc2c(=O)n1NC(=O)c1ccccc1I. The van der Waals surface area contributed by atoms with Gasteiger partial charge in [-0.05, 0) is 53.8 Å². The molecule has 0 aliphatic heterocycles. The van der Waals surface area contributed by atoms with E-state index in [1.54, 1.807) is 37.3 Å². The van der Waals surface area contributed by atoms with Crippen LogP contribution in [0.15, 0.2) is 53.3 Å². The molecule has 5 nitrogen and oxygen atoms in total. The van der Waals surface area contributed by atoms with Crippen LogP contribution in [0.3, 0.4) is 0 Å². The molecule has 0 bridgehead atoms. The average molecular weight is 405 g/mol. The molecule has 1 aromatic heterocycles. The number of halogens is 1. The zero-order valence-electron chi connectivity index (χ0n) is 11.7. The third-order valence-electron chi connectivity index (χ3n) is 3.28. The highest BCUT2D eigenvalue weighted by atomic mass is 127. The van der Waals surface area contributed by atoms with Gasteiger partial charge in [-0.1, -0.05) is 24.3 Å². The summed E-state index contributed by atoms with van der Waals surface area (Å²) >= 11 is 2.09. The number of rotatable bonds is 2. The lowest BCUT2D eigenvalue weighted by molar-refractivity contribution is 0.101. The van der Waals surface area contributed by atoms with Crippen molar-refractivity contribution < 1.29 is 4.79 Å². The lowest BCUT2D eigenvalue weighted by atomic mass is 10.2. The van der Waals surface area contributed by atoms with Gasteiger partial charge in [-0.25, -0.2) is 9.66 Å². The number of hydrogen-bond acceptors (Lipinski definition) is 3. The summed E-state index contributed by atoms with van der Waals surface area (Å²) in [6.07, 6.45) is 0. The summed E-state index contributed by atoms with van der Waals surface area (Å²) in [7, 11) is 0. The molecule has 6 heteroatoms. The average Bonchev–Trinajstić information content (AvgIpc) is 2.51. The van der Waals surface area contributed by atoms with E-state index in [2.05, 4.69) is 33.0 Å². The number of fused-ring (bicyclic) bond motifs is 1. The molecule has 3 aromatic rings. The number of hydrogen-bond donors (Lipinski definition) is 1. The largest absolute Gasteiger partial charge is 0.280 e. The predicted molar refractivity (Wildman–Crippen MR) is 93.6 cm³/mol. The number of benzene rings is 2. The molecule has 0 aliphatic rings. The Morgan fingerprint density at radius 2 is 1.82 bits per heavy atom. The maximum absolute atomic E-state index is 12.5. The summed E-state index contributed by atoms with van der Waals surface area (Å²) in [4.78, 5) is 29.2. The number of aryl methyl sites for hydroxylation is 1. The normalized spacial score (nSPS) is 10.6. The van der Waals surface area contributed by atoms with Gasteiger partial charge in [-0.3, -0.25) is 15.0 Å². The Morgan fingerprint density at radius 1 is 1.14 bits per heavy atom. The molecular weight excluding hydrogens is 393 g/mol. The fraction of sp³-hybridized carbons (Fsp3) is 0.0625. The number of para-hydroxylation sites is 1. The summed E-state index contributed by atoms with van der Waals surface area (Å²) in [6.45, 7) is 1.68. The number of nitrogens with one attached hydrogen (secondary N) is 1. The van der Waals surface area contributed by atoms with Crippen LogP contribution in [0.5, 0.6) is 0 Å². The Hall–Kier alpha value is -2.22. The monoisotopic (exact) mass is 405 g/mol. The van der Waals surface area contributed by atoms with Crippen LogP contribution in [0, 0.1) is 10.5 Å². The molecule has 1 N–H and O–H groups in total. The molecule has 22 heavy (non-hydrogen) atoms. The second kappa shape index (κ2) is 5.88. The Bertz CT molecular complexity index is 934. The quantitative estimate of drug-likeness (QED) is 0.667. The standard InChI is InChI=1S/C16H12IN3O2/c1-10-18-14-9-5-3-7-12(14)16(22)20(10)19-15(21)11-6-2-4-8-13(11)17/h2-9H,1H3,(H,19,21). The highest BCUT2D eigenvalue weighted by Gasteiger charge is 2.13. The van der Waals surface area contributed by atoms with Gasteiger partial charge in [0.2, 0.25) is 0 Å². The molecule has 0 fully saturated rings. The second-order valence-corrected chi connectivity index (χ2v) is 5.90. The van der Waals surface area contributed by atoms with Gasteiger partial charge in [-0.2, -0.15) is 0 Å². The van der Waals surface area contributed by atoms with Crippen molar-refractivity contribution in [3.8, 4) is 0 Å². The minimum atomic E-state index is -0.340. The van der Waals surface area contributed by atoms with Crippen molar-refractivity contribution in [2.45, 2.75) is 6.92 Å². The Balaban J connectivity index is 2.06. The van der Waals surface area contributed by atoms with E-state index < -0.39 is 0 Å². The van der Waals surface area contributed by atoms with E-state index in [9.17, 15) is 9.59 Å². The zero-order valence-corrected chi connectivity index (χ0v) is 13.9. The first-order valence-corrected chi connectivity index (χ1v) is 7.70.